The first-order valence-corrected chi connectivity index (χ1v) is 2.27. The summed E-state index contributed by atoms with van der Waals surface area (Å²) in [6.07, 6.45) is 0. The fraction of sp³-hybridized carbons (Fsp3) is 1.00. The lowest BCUT2D eigenvalue weighted by molar-refractivity contribution is 1.76. The lowest BCUT2D eigenvalue weighted by Crippen LogP contribution is -1.81. The molecule has 0 aromatic rings. The molecule has 0 amide bonds. The molecule has 0 heterocycles. The summed E-state index contributed by atoms with van der Waals surface area (Å²) in [5.74, 6) is 0. The first kappa shape index (κ1) is 6.16. The number of hydrogen-bond acceptors (Lipinski definition) is 0. The Hall–Kier alpha value is 1.16. The molecular formula is CCl4. The van der Waals surface area contributed by atoms with Crippen molar-refractivity contribution >= 4 is 46.4 Å². The molecule has 0 bridgehead atoms. The standard InChI is InChI=1S/CCl4/c2-1(3,4)5/i2+0,3+2,4+2,5+2. The number of hydrogen-bond donors (Lipinski definition) is 0. The molecule has 0 unspecified atom stereocenters. The number of rotatable bonds is 0. The first-order valence-electron chi connectivity index (χ1n) is 0.756. The van der Waals surface area contributed by atoms with Gasteiger partial charge >= 0.3 is 0 Å². The maximum Gasteiger partial charge on any atom is 0.266 e. The molecule has 0 aliphatic heterocycles. The highest BCUT2D eigenvalue weighted by molar-refractivity contribution is 6.83. The third kappa shape index (κ3) is 38.3. The van der Waals surface area contributed by atoms with Crippen molar-refractivity contribution in [2.75, 3.05) is 0 Å². The van der Waals surface area contributed by atoms with E-state index in [-0.39, 0.29) is 0 Å². The van der Waals surface area contributed by atoms with Crippen LogP contribution in [0.4, 0.5) is 0 Å². The molecular weight excluding hydrogens is 158 g/mol. The Balaban J connectivity index is 3.02. The van der Waals surface area contributed by atoms with Gasteiger partial charge in [-0.2, -0.15) is 0 Å². The van der Waals surface area contributed by atoms with Gasteiger partial charge in [0.05, 0.1) is 0 Å². The summed E-state index contributed by atoms with van der Waals surface area (Å²) >= 11 is 19.3. The Morgan fingerprint density at radius 2 is 1.20 bits per heavy atom. The highest BCUT2D eigenvalue weighted by Gasteiger charge is 2.11. The second kappa shape index (κ2) is 1.74. The van der Waals surface area contributed by atoms with Gasteiger partial charge in [-0.25, -0.2) is 0 Å². The van der Waals surface area contributed by atoms with Crippen molar-refractivity contribution in [3.8, 4) is 0 Å². The Morgan fingerprint density at radius 3 is 1.20 bits per heavy atom. The molecule has 5 heavy (non-hydrogen) atoms. The monoisotopic (exact) mass is 158 g/mol. The van der Waals surface area contributed by atoms with Crippen LogP contribution < -0.4 is 0 Å². The van der Waals surface area contributed by atoms with Gasteiger partial charge in [0.1, 0.15) is 0 Å². The van der Waals surface area contributed by atoms with Gasteiger partial charge in [-0.1, -0.05) is 46.4 Å². The smallest absolute Gasteiger partial charge is 0.0664 e. The van der Waals surface area contributed by atoms with Crippen LogP contribution in [0, 0.1) is 0 Å². The summed E-state index contributed by atoms with van der Waals surface area (Å²) in [6.45, 7) is 0. The van der Waals surface area contributed by atoms with E-state index in [2.05, 4.69) is 0 Å². The quantitative estimate of drug-likeness (QED) is 0.475. The topological polar surface area (TPSA) is 0 Å². The summed E-state index contributed by atoms with van der Waals surface area (Å²) in [7, 11) is 0. The predicted molar refractivity (Wildman–Crippen MR) is 26.1 cm³/mol. The highest BCUT2D eigenvalue weighted by atomic mass is 37.1. The average molecular weight is 158 g/mol. The molecule has 0 N–H and O–H groups in total. The van der Waals surface area contributed by atoms with Gasteiger partial charge in [0, 0.05) is 0 Å². The molecule has 0 nitrogen and oxygen atoms in total. The van der Waals surface area contributed by atoms with E-state index < -0.39 is 3.25 Å². The van der Waals surface area contributed by atoms with E-state index >= 15 is 0 Å². The third-order valence-corrected chi connectivity index (χ3v) is 0. The molecule has 0 aliphatic carbocycles. The van der Waals surface area contributed by atoms with Gasteiger partial charge in [0.2, 0.25) is 0 Å². The predicted octanol–water partition coefficient (Wildman–Crippen LogP) is 2.55. The normalized spacial score (nSPS) is 12.0. The van der Waals surface area contributed by atoms with Crippen molar-refractivity contribution in [1.29, 1.82) is 0 Å². The fourth-order valence-corrected chi connectivity index (χ4v) is 0. The Labute approximate surface area is 50.0 Å². The summed E-state index contributed by atoms with van der Waals surface area (Å²) in [6, 6.07) is 0. The van der Waals surface area contributed by atoms with E-state index in [9.17, 15) is 0 Å². The van der Waals surface area contributed by atoms with E-state index in [1.165, 1.54) is 0 Å². The van der Waals surface area contributed by atoms with Crippen LogP contribution in [-0.2, 0) is 0 Å². The van der Waals surface area contributed by atoms with Gasteiger partial charge in [0.25, 0.3) is 3.25 Å². The lowest BCUT2D eigenvalue weighted by atomic mass is 11.8. The van der Waals surface area contributed by atoms with E-state index in [1.807, 2.05) is 0 Å². The van der Waals surface area contributed by atoms with Crippen LogP contribution in [0.3, 0.4) is 0 Å². The van der Waals surface area contributed by atoms with Crippen LogP contribution in [0.15, 0.2) is 0 Å². The zero-order chi connectivity index (χ0) is 4.50. The molecule has 0 aliphatic rings. The lowest BCUT2D eigenvalue weighted by Gasteiger charge is -1.91. The minimum atomic E-state index is -1.61. The maximum absolute atomic E-state index is 4.83. The molecule has 0 aromatic carbocycles. The van der Waals surface area contributed by atoms with Gasteiger partial charge in [0.15, 0.2) is 0 Å². The molecule has 0 fully saturated rings. The Bertz CT molecular complexity index is 19.1. The fourth-order valence-electron chi connectivity index (χ4n) is 0. The molecule has 0 spiro atoms. The molecule has 0 saturated carbocycles. The summed E-state index contributed by atoms with van der Waals surface area (Å²) < 4.78 is -1.61. The van der Waals surface area contributed by atoms with E-state index in [0.717, 1.165) is 0 Å². The molecule has 0 aromatic heterocycles. The van der Waals surface area contributed by atoms with Crippen molar-refractivity contribution in [2.24, 2.45) is 0 Å². The third-order valence-electron chi connectivity index (χ3n) is 0. The second-order valence-electron chi connectivity index (χ2n) is 0.429. The summed E-state index contributed by atoms with van der Waals surface area (Å²) in [4.78, 5) is 0. The van der Waals surface area contributed by atoms with Crippen LogP contribution >= 0.6 is 46.4 Å². The summed E-state index contributed by atoms with van der Waals surface area (Å²) in [5, 5.41) is 0. The second-order valence-corrected chi connectivity index (χ2v) is 3.86. The van der Waals surface area contributed by atoms with Crippen LogP contribution in [0.5, 0.6) is 0 Å². The van der Waals surface area contributed by atoms with Gasteiger partial charge in [-0.3, -0.25) is 0 Å². The zero-order valence-electron chi connectivity index (χ0n) is 2.01. The SMILES string of the molecule is [35Cl]C([37Cl])([37Cl])[37Cl]. The van der Waals surface area contributed by atoms with Crippen LogP contribution in [0.2, 0.25) is 0 Å². The molecule has 0 saturated heterocycles. The van der Waals surface area contributed by atoms with E-state index in [0.29, 0.717) is 0 Å². The van der Waals surface area contributed by atoms with Gasteiger partial charge in [-0.15, -0.1) is 0 Å². The van der Waals surface area contributed by atoms with Gasteiger partial charge < -0.3 is 0 Å². The van der Waals surface area contributed by atoms with Crippen molar-refractivity contribution in [3.63, 3.8) is 0 Å². The molecule has 0 rings (SSSR count). The number of halogens is 4. The van der Waals surface area contributed by atoms with Gasteiger partial charge in [-0.05, 0) is 0 Å². The number of alkyl halides is 4. The van der Waals surface area contributed by atoms with Crippen LogP contribution in [0.25, 0.3) is 0 Å². The summed E-state index contributed by atoms with van der Waals surface area (Å²) in [5.41, 5.74) is 0. The van der Waals surface area contributed by atoms with Crippen LogP contribution in [0.1, 0.15) is 0 Å². The molecule has 0 radical (unpaired) electrons. The molecule has 32 valence electrons. The minimum absolute atomic E-state index is 1.61. The van der Waals surface area contributed by atoms with Crippen molar-refractivity contribution in [3.05, 3.63) is 0 Å². The zero-order valence-corrected chi connectivity index (χ0v) is 5.04. The average Bonchev–Trinajstić information content (AvgIpc) is 0.722. The van der Waals surface area contributed by atoms with Crippen molar-refractivity contribution < 1.29 is 0 Å². The van der Waals surface area contributed by atoms with E-state index in [4.69, 9.17) is 46.4 Å². The first-order chi connectivity index (χ1) is 2.00. The Morgan fingerprint density at radius 1 is 1.20 bits per heavy atom. The highest BCUT2D eigenvalue weighted by Crippen LogP contribution is 2.29. The molecule has 0 atom stereocenters. The van der Waals surface area contributed by atoms with Crippen molar-refractivity contribution in [2.45, 2.75) is 3.25 Å². The van der Waals surface area contributed by atoms with Crippen LogP contribution in [-0.4, -0.2) is 3.25 Å². The largest absolute Gasteiger partial charge is 0.266 e. The molecule has 4 heteroatoms. The van der Waals surface area contributed by atoms with E-state index in [1.54, 1.807) is 0 Å². The maximum atomic E-state index is 4.83. The van der Waals surface area contributed by atoms with Crippen molar-refractivity contribution in [1.82, 2.24) is 0 Å². The Kier molecular flexibility index (Phi) is 2.15. The minimum Gasteiger partial charge on any atom is -0.0664 e.